The molecule has 17 heavy (non-hydrogen) atoms. The zero-order valence-electron chi connectivity index (χ0n) is 10.6. The van der Waals surface area contributed by atoms with Crippen LogP contribution in [0.15, 0.2) is 18.3 Å². The van der Waals surface area contributed by atoms with Crippen LogP contribution in [-0.2, 0) is 11.3 Å². The number of aromatic nitrogens is 1. The van der Waals surface area contributed by atoms with Gasteiger partial charge < -0.3 is 15.4 Å². The number of piperidine rings is 1. The number of anilines is 1. The van der Waals surface area contributed by atoms with Crippen LogP contribution in [-0.4, -0.2) is 31.3 Å². The van der Waals surface area contributed by atoms with Gasteiger partial charge in [-0.3, -0.25) is 4.98 Å². The van der Waals surface area contributed by atoms with Gasteiger partial charge in [-0.1, -0.05) is 6.92 Å². The molecule has 2 N–H and O–H groups in total. The minimum absolute atomic E-state index is 0.301. The van der Waals surface area contributed by atoms with Crippen molar-refractivity contribution in [3.05, 3.63) is 24.0 Å². The van der Waals surface area contributed by atoms with E-state index >= 15 is 0 Å². The molecule has 0 radical (unpaired) electrons. The van der Waals surface area contributed by atoms with Crippen LogP contribution in [0.4, 0.5) is 5.69 Å². The van der Waals surface area contributed by atoms with Crippen LogP contribution in [0, 0.1) is 5.92 Å². The molecule has 1 aliphatic heterocycles. The number of nitrogens with zero attached hydrogens (tertiary/aromatic N) is 2. The zero-order chi connectivity index (χ0) is 12.3. The zero-order valence-corrected chi connectivity index (χ0v) is 10.6. The van der Waals surface area contributed by atoms with Crippen molar-refractivity contribution in [1.29, 1.82) is 0 Å². The third-order valence-corrected chi connectivity index (χ3v) is 3.59. The Morgan fingerprint density at radius 3 is 3.12 bits per heavy atom. The van der Waals surface area contributed by atoms with E-state index in [-0.39, 0.29) is 0 Å². The van der Waals surface area contributed by atoms with E-state index < -0.39 is 0 Å². The summed E-state index contributed by atoms with van der Waals surface area (Å²) in [5.41, 5.74) is 7.86. The van der Waals surface area contributed by atoms with Crippen molar-refractivity contribution < 1.29 is 4.74 Å². The van der Waals surface area contributed by atoms with Gasteiger partial charge in [-0.15, -0.1) is 0 Å². The van der Waals surface area contributed by atoms with Crippen LogP contribution in [0.25, 0.3) is 0 Å². The van der Waals surface area contributed by atoms with E-state index in [1.165, 1.54) is 0 Å². The molecule has 1 saturated heterocycles. The predicted octanol–water partition coefficient (Wildman–Crippen LogP) is 1.40. The molecule has 2 rings (SSSR count). The number of hydrogen-bond donors (Lipinski definition) is 1. The van der Waals surface area contributed by atoms with E-state index in [4.69, 9.17) is 10.5 Å². The molecule has 94 valence electrons. The molecule has 2 unspecified atom stereocenters. The number of methoxy groups -OCH3 is 1. The minimum Gasteiger partial charge on any atom is -0.379 e. The van der Waals surface area contributed by atoms with Gasteiger partial charge in [-0.25, -0.2) is 0 Å². The SMILES string of the molecule is COC1CN(c2cccnc2CN)CCC1C. The van der Waals surface area contributed by atoms with Crippen molar-refractivity contribution in [3.63, 3.8) is 0 Å². The lowest BCUT2D eigenvalue weighted by molar-refractivity contribution is 0.0498. The highest BCUT2D eigenvalue weighted by Crippen LogP contribution is 2.26. The summed E-state index contributed by atoms with van der Waals surface area (Å²) in [6.45, 7) is 4.72. The van der Waals surface area contributed by atoms with Crippen LogP contribution < -0.4 is 10.6 Å². The Labute approximate surface area is 103 Å². The lowest BCUT2D eigenvalue weighted by atomic mass is 9.95. The average Bonchev–Trinajstić information content (AvgIpc) is 2.39. The lowest BCUT2D eigenvalue weighted by Crippen LogP contribution is -2.44. The number of hydrogen-bond acceptors (Lipinski definition) is 4. The monoisotopic (exact) mass is 235 g/mol. The molecular formula is C13H21N3O. The minimum atomic E-state index is 0.301. The molecule has 2 atom stereocenters. The van der Waals surface area contributed by atoms with Crippen LogP contribution in [0.3, 0.4) is 0 Å². The highest BCUT2D eigenvalue weighted by Gasteiger charge is 2.27. The first-order valence-electron chi connectivity index (χ1n) is 6.18. The van der Waals surface area contributed by atoms with E-state index in [1.54, 1.807) is 13.3 Å². The lowest BCUT2D eigenvalue weighted by Gasteiger charge is -2.38. The average molecular weight is 235 g/mol. The van der Waals surface area contributed by atoms with Crippen molar-refractivity contribution in [1.82, 2.24) is 4.98 Å². The van der Waals surface area contributed by atoms with E-state index in [0.29, 0.717) is 18.6 Å². The Bertz CT molecular complexity index is 369. The largest absolute Gasteiger partial charge is 0.379 e. The van der Waals surface area contributed by atoms with Crippen LogP contribution in [0.2, 0.25) is 0 Å². The topological polar surface area (TPSA) is 51.4 Å². The summed E-state index contributed by atoms with van der Waals surface area (Å²) >= 11 is 0. The summed E-state index contributed by atoms with van der Waals surface area (Å²) in [6, 6.07) is 4.06. The molecule has 1 aliphatic rings. The van der Waals surface area contributed by atoms with E-state index in [0.717, 1.165) is 30.9 Å². The molecule has 0 aliphatic carbocycles. The maximum atomic E-state index is 5.73. The Hall–Kier alpha value is -1.13. The molecule has 0 spiro atoms. The third kappa shape index (κ3) is 2.58. The number of rotatable bonds is 3. The van der Waals surface area contributed by atoms with Crippen molar-refractivity contribution in [2.45, 2.75) is 26.0 Å². The second kappa shape index (κ2) is 5.47. The first-order chi connectivity index (χ1) is 8.26. The second-order valence-corrected chi connectivity index (χ2v) is 4.66. The third-order valence-electron chi connectivity index (χ3n) is 3.59. The molecular weight excluding hydrogens is 214 g/mol. The normalized spacial score (nSPS) is 25.0. The van der Waals surface area contributed by atoms with Gasteiger partial charge in [0.2, 0.25) is 0 Å². The van der Waals surface area contributed by atoms with Crippen molar-refractivity contribution >= 4 is 5.69 Å². The van der Waals surface area contributed by atoms with Gasteiger partial charge in [0.05, 0.1) is 17.5 Å². The maximum absolute atomic E-state index is 5.73. The fraction of sp³-hybridized carbons (Fsp3) is 0.615. The van der Waals surface area contributed by atoms with Crippen molar-refractivity contribution in [3.8, 4) is 0 Å². The molecule has 0 amide bonds. The summed E-state index contributed by atoms with van der Waals surface area (Å²) in [5.74, 6) is 0.620. The highest BCUT2D eigenvalue weighted by molar-refractivity contribution is 5.51. The van der Waals surface area contributed by atoms with Gasteiger partial charge in [-0.05, 0) is 24.5 Å². The van der Waals surface area contributed by atoms with E-state index in [9.17, 15) is 0 Å². The summed E-state index contributed by atoms with van der Waals surface area (Å²) < 4.78 is 5.54. The van der Waals surface area contributed by atoms with Crippen LogP contribution >= 0.6 is 0 Å². The highest BCUT2D eigenvalue weighted by atomic mass is 16.5. The number of ether oxygens (including phenoxy) is 1. The molecule has 4 heteroatoms. The van der Waals surface area contributed by atoms with Crippen LogP contribution in [0.1, 0.15) is 19.0 Å². The van der Waals surface area contributed by atoms with E-state index in [1.807, 2.05) is 6.07 Å². The van der Waals surface area contributed by atoms with Gasteiger partial charge in [0.15, 0.2) is 0 Å². The Balaban J connectivity index is 2.17. The molecule has 0 bridgehead atoms. The fourth-order valence-electron chi connectivity index (χ4n) is 2.43. The predicted molar refractivity (Wildman–Crippen MR) is 68.9 cm³/mol. The van der Waals surface area contributed by atoms with Crippen LogP contribution in [0.5, 0.6) is 0 Å². The Morgan fingerprint density at radius 1 is 1.59 bits per heavy atom. The molecule has 1 aromatic heterocycles. The number of nitrogens with two attached hydrogens (primary N) is 1. The van der Waals surface area contributed by atoms with Gasteiger partial charge in [0.25, 0.3) is 0 Å². The second-order valence-electron chi connectivity index (χ2n) is 4.66. The van der Waals surface area contributed by atoms with Gasteiger partial charge in [-0.2, -0.15) is 0 Å². The first-order valence-corrected chi connectivity index (χ1v) is 6.18. The summed E-state index contributed by atoms with van der Waals surface area (Å²) in [7, 11) is 1.79. The van der Waals surface area contributed by atoms with Gasteiger partial charge in [0, 0.05) is 32.9 Å². The summed E-state index contributed by atoms with van der Waals surface area (Å²) in [6.07, 6.45) is 3.25. The van der Waals surface area contributed by atoms with E-state index in [2.05, 4.69) is 22.9 Å². The van der Waals surface area contributed by atoms with Crippen molar-refractivity contribution in [2.75, 3.05) is 25.1 Å². The standard InChI is InChI=1S/C13H21N3O/c1-10-5-7-16(9-13(10)17-2)12-4-3-6-15-11(12)8-14/h3-4,6,10,13H,5,7-9,14H2,1-2H3. The molecule has 0 aromatic carbocycles. The molecule has 0 saturated carbocycles. The Morgan fingerprint density at radius 2 is 2.41 bits per heavy atom. The van der Waals surface area contributed by atoms with Crippen molar-refractivity contribution in [2.24, 2.45) is 11.7 Å². The number of pyridine rings is 1. The summed E-state index contributed by atoms with van der Waals surface area (Å²) in [5, 5.41) is 0. The smallest absolute Gasteiger partial charge is 0.0772 e. The maximum Gasteiger partial charge on any atom is 0.0772 e. The quantitative estimate of drug-likeness (QED) is 0.860. The first kappa shape index (κ1) is 12.3. The fourth-order valence-corrected chi connectivity index (χ4v) is 2.43. The molecule has 1 fully saturated rings. The molecule has 2 heterocycles. The molecule has 4 nitrogen and oxygen atoms in total. The Kier molecular flexibility index (Phi) is 3.97. The molecule has 1 aromatic rings. The van der Waals surface area contributed by atoms with Gasteiger partial charge in [0.1, 0.15) is 0 Å². The summed E-state index contributed by atoms with van der Waals surface area (Å²) in [4.78, 5) is 6.67. The van der Waals surface area contributed by atoms with Gasteiger partial charge >= 0.3 is 0 Å².